The van der Waals surface area contributed by atoms with Crippen molar-refractivity contribution >= 4 is 29.0 Å². The number of halogens is 1. The standard InChI is InChI=1S/C22H23ClN2O4/c23-17-2-1-3-18(15-17)24-8-10-25(11-9-24)22(27)7-5-19(26)16-4-6-20-21(14-16)29-13-12-28-20/h1-4,6,14-15H,5,7-13H2. The van der Waals surface area contributed by atoms with Crippen molar-refractivity contribution in [2.24, 2.45) is 0 Å². The van der Waals surface area contributed by atoms with E-state index in [2.05, 4.69) is 4.90 Å². The summed E-state index contributed by atoms with van der Waals surface area (Å²) >= 11 is 6.07. The van der Waals surface area contributed by atoms with E-state index in [9.17, 15) is 9.59 Å². The molecule has 0 atom stereocenters. The molecular formula is C22H23ClN2O4. The monoisotopic (exact) mass is 414 g/mol. The molecule has 0 spiro atoms. The second-order valence-electron chi connectivity index (χ2n) is 7.13. The van der Waals surface area contributed by atoms with Crippen molar-refractivity contribution in [2.75, 3.05) is 44.3 Å². The smallest absolute Gasteiger partial charge is 0.223 e. The Morgan fingerprint density at radius 1 is 0.897 bits per heavy atom. The number of ketones is 1. The van der Waals surface area contributed by atoms with E-state index in [4.69, 9.17) is 21.1 Å². The van der Waals surface area contributed by atoms with Crippen LogP contribution in [0.5, 0.6) is 11.5 Å². The van der Waals surface area contributed by atoms with Crippen LogP contribution in [0.25, 0.3) is 0 Å². The number of benzene rings is 2. The Bertz CT molecular complexity index is 909. The van der Waals surface area contributed by atoms with Crippen LogP contribution in [-0.2, 0) is 4.79 Å². The molecule has 0 bridgehead atoms. The van der Waals surface area contributed by atoms with E-state index in [1.54, 1.807) is 18.2 Å². The lowest BCUT2D eigenvalue weighted by molar-refractivity contribution is -0.131. The van der Waals surface area contributed by atoms with Gasteiger partial charge >= 0.3 is 0 Å². The molecule has 4 rings (SSSR count). The highest BCUT2D eigenvalue weighted by molar-refractivity contribution is 6.30. The quantitative estimate of drug-likeness (QED) is 0.701. The van der Waals surface area contributed by atoms with Crippen LogP contribution < -0.4 is 14.4 Å². The summed E-state index contributed by atoms with van der Waals surface area (Å²) in [6.07, 6.45) is 0.400. The maximum Gasteiger partial charge on any atom is 0.223 e. The summed E-state index contributed by atoms with van der Waals surface area (Å²) in [6, 6.07) is 12.9. The number of piperazine rings is 1. The summed E-state index contributed by atoms with van der Waals surface area (Å²) < 4.78 is 11.0. The third-order valence-electron chi connectivity index (χ3n) is 5.24. The number of hydrogen-bond acceptors (Lipinski definition) is 5. The Kier molecular flexibility index (Phi) is 5.90. The molecule has 29 heavy (non-hydrogen) atoms. The van der Waals surface area contributed by atoms with E-state index in [1.165, 1.54) is 0 Å². The van der Waals surface area contributed by atoms with Crippen LogP contribution in [0.3, 0.4) is 0 Å². The Morgan fingerprint density at radius 2 is 1.66 bits per heavy atom. The maximum atomic E-state index is 12.6. The van der Waals surface area contributed by atoms with Gasteiger partial charge in [0.15, 0.2) is 17.3 Å². The van der Waals surface area contributed by atoms with Gasteiger partial charge in [0.1, 0.15) is 13.2 Å². The first-order valence-corrected chi connectivity index (χ1v) is 10.2. The maximum absolute atomic E-state index is 12.6. The van der Waals surface area contributed by atoms with Crippen molar-refractivity contribution in [2.45, 2.75) is 12.8 Å². The van der Waals surface area contributed by atoms with E-state index >= 15 is 0 Å². The Balaban J connectivity index is 1.27. The zero-order chi connectivity index (χ0) is 20.2. The fourth-order valence-corrected chi connectivity index (χ4v) is 3.81. The molecule has 2 aliphatic rings. The van der Waals surface area contributed by atoms with Crippen molar-refractivity contribution < 1.29 is 19.1 Å². The van der Waals surface area contributed by atoms with E-state index < -0.39 is 0 Å². The first-order valence-electron chi connectivity index (χ1n) is 9.81. The minimum Gasteiger partial charge on any atom is -0.486 e. The summed E-state index contributed by atoms with van der Waals surface area (Å²) in [5, 5.41) is 0.707. The number of fused-ring (bicyclic) bond motifs is 1. The molecule has 2 heterocycles. The first kappa shape index (κ1) is 19.6. The number of amides is 1. The van der Waals surface area contributed by atoms with Gasteiger partial charge in [0.25, 0.3) is 0 Å². The summed E-state index contributed by atoms with van der Waals surface area (Å²) in [4.78, 5) is 29.1. The number of carbonyl (C=O) groups is 2. The normalized spacial score (nSPS) is 15.9. The van der Waals surface area contributed by atoms with Crippen LogP contribution in [-0.4, -0.2) is 56.0 Å². The van der Waals surface area contributed by atoms with Crippen LogP contribution in [0.4, 0.5) is 5.69 Å². The molecule has 0 radical (unpaired) electrons. The number of anilines is 1. The highest BCUT2D eigenvalue weighted by Gasteiger charge is 2.22. The van der Waals surface area contributed by atoms with Gasteiger partial charge in [-0.3, -0.25) is 9.59 Å². The molecule has 1 fully saturated rings. The number of Topliss-reactive ketones (excluding diaryl/α,β-unsaturated/α-hetero) is 1. The fraction of sp³-hybridized carbons (Fsp3) is 0.364. The van der Waals surface area contributed by atoms with Gasteiger partial charge in [-0.15, -0.1) is 0 Å². The van der Waals surface area contributed by atoms with E-state index in [0.717, 1.165) is 18.8 Å². The molecule has 0 N–H and O–H groups in total. The van der Waals surface area contributed by atoms with Crippen LogP contribution in [0, 0.1) is 0 Å². The summed E-state index contributed by atoms with van der Waals surface area (Å²) in [7, 11) is 0. The number of nitrogens with zero attached hydrogens (tertiary/aromatic N) is 2. The molecule has 152 valence electrons. The van der Waals surface area contributed by atoms with E-state index in [0.29, 0.717) is 48.4 Å². The molecule has 2 aromatic rings. The predicted octanol–water partition coefficient (Wildman–Crippen LogP) is 3.42. The van der Waals surface area contributed by atoms with Crippen molar-refractivity contribution in [3.63, 3.8) is 0 Å². The minimum atomic E-state index is -0.0621. The third-order valence-corrected chi connectivity index (χ3v) is 5.47. The van der Waals surface area contributed by atoms with Gasteiger partial charge in [-0.2, -0.15) is 0 Å². The third kappa shape index (κ3) is 4.65. The van der Waals surface area contributed by atoms with E-state index in [-0.39, 0.29) is 24.5 Å². The van der Waals surface area contributed by atoms with Gasteiger partial charge in [0, 0.05) is 55.3 Å². The van der Waals surface area contributed by atoms with E-state index in [1.807, 2.05) is 29.2 Å². The second-order valence-corrected chi connectivity index (χ2v) is 7.57. The zero-order valence-corrected chi connectivity index (χ0v) is 16.9. The predicted molar refractivity (Wildman–Crippen MR) is 111 cm³/mol. The molecular weight excluding hydrogens is 392 g/mol. The summed E-state index contributed by atoms with van der Waals surface area (Å²) in [6.45, 7) is 3.78. The average molecular weight is 415 g/mol. The first-order chi connectivity index (χ1) is 14.1. The number of hydrogen-bond donors (Lipinski definition) is 0. The average Bonchev–Trinajstić information content (AvgIpc) is 2.77. The molecule has 2 aliphatic heterocycles. The minimum absolute atomic E-state index is 0.0154. The lowest BCUT2D eigenvalue weighted by Crippen LogP contribution is -2.48. The molecule has 7 heteroatoms. The van der Waals surface area contributed by atoms with Crippen molar-refractivity contribution in [3.8, 4) is 11.5 Å². The molecule has 0 aromatic heterocycles. The van der Waals surface area contributed by atoms with Crippen molar-refractivity contribution in [3.05, 3.63) is 53.1 Å². The highest BCUT2D eigenvalue weighted by Crippen LogP contribution is 2.31. The van der Waals surface area contributed by atoms with Crippen molar-refractivity contribution in [1.29, 1.82) is 0 Å². The molecule has 1 amide bonds. The molecule has 2 aromatic carbocycles. The molecule has 1 saturated heterocycles. The van der Waals surface area contributed by atoms with Gasteiger partial charge in [0.2, 0.25) is 5.91 Å². The van der Waals surface area contributed by atoms with Gasteiger partial charge in [0.05, 0.1) is 0 Å². The van der Waals surface area contributed by atoms with Crippen LogP contribution in [0.2, 0.25) is 5.02 Å². The lowest BCUT2D eigenvalue weighted by Gasteiger charge is -2.36. The Hall–Kier alpha value is -2.73. The SMILES string of the molecule is O=C(CCC(=O)N1CCN(c2cccc(Cl)c2)CC1)c1ccc2c(c1)OCCO2. The van der Waals surface area contributed by atoms with Crippen LogP contribution in [0.1, 0.15) is 23.2 Å². The number of ether oxygens (including phenoxy) is 2. The Labute approximate surface area is 174 Å². The zero-order valence-electron chi connectivity index (χ0n) is 16.1. The molecule has 6 nitrogen and oxygen atoms in total. The molecule has 0 saturated carbocycles. The lowest BCUT2D eigenvalue weighted by atomic mass is 10.1. The topological polar surface area (TPSA) is 59.1 Å². The van der Waals surface area contributed by atoms with Crippen LogP contribution >= 0.6 is 11.6 Å². The Morgan fingerprint density at radius 3 is 2.41 bits per heavy atom. The highest BCUT2D eigenvalue weighted by atomic mass is 35.5. The van der Waals surface area contributed by atoms with Gasteiger partial charge in [-0.25, -0.2) is 0 Å². The fourth-order valence-electron chi connectivity index (χ4n) is 3.63. The van der Waals surface area contributed by atoms with Gasteiger partial charge in [-0.05, 0) is 36.4 Å². The number of rotatable bonds is 5. The number of carbonyl (C=O) groups excluding carboxylic acids is 2. The van der Waals surface area contributed by atoms with Crippen molar-refractivity contribution in [1.82, 2.24) is 4.90 Å². The van der Waals surface area contributed by atoms with Gasteiger partial charge in [-0.1, -0.05) is 17.7 Å². The summed E-state index contributed by atoms with van der Waals surface area (Å²) in [5.74, 6) is 1.20. The molecule has 0 unspecified atom stereocenters. The summed E-state index contributed by atoms with van der Waals surface area (Å²) in [5.41, 5.74) is 1.62. The second kappa shape index (κ2) is 8.74. The van der Waals surface area contributed by atoms with Gasteiger partial charge < -0.3 is 19.3 Å². The van der Waals surface area contributed by atoms with Crippen LogP contribution in [0.15, 0.2) is 42.5 Å². The largest absolute Gasteiger partial charge is 0.486 e. The molecule has 0 aliphatic carbocycles.